The Morgan fingerprint density at radius 2 is 2.24 bits per heavy atom. The lowest BCUT2D eigenvalue weighted by Crippen LogP contribution is -2.40. The molecule has 136 valence electrons. The zero-order valence-corrected chi connectivity index (χ0v) is 15.1. The lowest BCUT2D eigenvalue weighted by atomic mass is 9.98. The first-order valence-corrected chi connectivity index (χ1v) is 9.24. The number of amides is 3. The van der Waals surface area contributed by atoms with E-state index in [0.29, 0.717) is 12.3 Å². The van der Waals surface area contributed by atoms with Crippen molar-refractivity contribution in [3.63, 3.8) is 0 Å². The van der Waals surface area contributed by atoms with Crippen LogP contribution in [0.15, 0.2) is 18.2 Å². The number of hydrogen-bond donors (Lipinski definition) is 3. The predicted molar refractivity (Wildman–Crippen MR) is 98.6 cm³/mol. The van der Waals surface area contributed by atoms with E-state index in [4.69, 9.17) is 0 Å². The van der Waals surface area contributed by atoms with E-state index in [1.807, 2.05) is 19.1 Å². The van der Waals surface area contributed by atoms with Crippen LogP contribution in [0.3, 0.4) is 0 Å². The van der Waals surface area contributed by atoms with Gasteiger partial charge >= 0.3 is 6.03 Å². The quantitative estimate of drug-likeness (QED) is 0.767. The number of carbonyl (C=O) groups excluding carboxylic acids is 2. The van der Waals surface area contributed by atoms with Crippen LogP contribution in [0.1, 0.15) is 43.9 Å². The monoisotopic (exact) mass is 344 g/mol. The Bertz CT molecular complexity index is 646. The van der Waals surface area contributed by atoms with Crippen molar-refractivity contribution in [2.45, 2.75) is 39.2 Å². The van der Waals surface area contributed by atoms with Crippen LogP contribution in [-0.2, 0) is 11.2 Å². The molecule has 6 nitrogen and oxygen atoms in total. The molecular weight excluding hydrogens is 316 g/mol. The van der Waals surface area contributed by atoms with Crippen LogP contribution in [-0.4, -0.2) is 43.0 Å². The summed E-state index contributed by atoms with van der Waals surface area (Å²) in [4.78, 5) is 26.0. The molecule has 0 unspecified atom stereocenters. The average Bonchev–Trinajstić information content (AvgIpc) is 3.07. The molecule has 2 heterocycles. The molecule has 0 radical (unpaired) electrons. The van der Waals surface area contributed by atoms with Crippen molar-refractivity contribution in [1.82, 2.24) is 15.5 Å². The summed E-state index contributed by atoms with van der Waals surface area (Å²) >= 11 is 0. The number of nitrogens with zero attached hydrogens (tertiary/aromatic N) is 1. The summed E-state index contributed by atoms with van der Waals surface area (Å²) in [5, 5.41) is 8.90. The first-order valence-electron chi connectivity index (χ1n) is 9.24. The third kappa shape index (κ3) is 4.51. The maximum atomic E-state index is 12.2. The lowest BCUT2D eigenvalue weighted by molar-refractivity contribution is -0.116. The molecule has 3 amide bonds. The molecule has 6 heteroatoms. The van der Waals surface area contributed by atoms with Gasteiger partial charge in [0.2, 0.25) is 5.91 Å². The maximum Gasteiger partial charge on any atom is 0.315 e. The highest BCUT2D eigenvalue weighted by Gasteiger charge is 2.22. The number of urea groups is 1. The number of hydrogen-bond acceptors (Lipinski definition) is 3. The Hall–Kier alpha value is -2.08. The molecule has 3 rings (SSSR count). The van der Waals surface area contributed by atoms with Crippen molar-refractivity contribution in [2.75, 3.05) is 31.5 Å². The van der Waals surface area contributed by atoms with Crippen molar-refractivity contribution in [3.8, 4) is 0 Å². The molecule has 1 aromatic carbocycles. The van der Waals surface area contributed by atoms with Crippen molar-refractivity contribution in [3.05, 3.63) is 29.3 Å². The molecule has 2 aliphatic rings. The lowest BCUT2D eigenvalue weighted by Gasteiger charge is -2.21. The number of fused-ring (bicyclic) bond motifs is 1. The summed E-state index contributed by atoms with van der Waals surface area (Å²) in [5.74, 6) is 0.618. The maximum absolute atomic E-state index is 12.2. The van der Waals surface area contributed by atoms with E-state index in [0.717, 1.165) is 55.8 Å². The molecule has 0 saturated carbocycles. The molecule has 1 saturated heterocycles. The Labute approximate surface area is 149 Å². The molecule has 2 aliphatic heterocycles. The largest absolute Gasteiger partial charge is 0.338 e. The van der Waals surface area contributed by atoms with Gasteiger partial charge in [-0.1, -0.05) is 19.1 Å². The average molecular weight is 344 g/mol. The molecule has 0 aromatic heterocycles. The van der Waals surface area contributed by atoms with E-state index >= 15 is 0 Å². The minimum Gasteiger partial charge on any atom is -0.338 e. The molecule has 0 bridgehead atoms. The van der Waals surface area contributed by atoms with E-state index in [1.54, 1.807) is 0 Å². The molecule has 0 spiro atoms. The van der Waals surface area contributed by atoms with Crippen LogP contribution in [0.2, 0.25) is 0 Å². The zero-order chi connectivity index (χ0) is 17.8. The van der Waals surface area contributed by atoms with Gasteiger partial charge in [0.15, 0.2) is 0 Å². The summed E-state index contributed by atoms with van der Waals surface area (Å²) in [6, 6.07) is 5.78. The fourth-order valence-corrected chi connectivity index (χ4v) is 3.61. The van der Waals surface area contributed by atoms with Gasteiger partial charge in [0, 0.05) is 25.2 Å². The third-order valence-corrected chi connectivity index (χ3v) is 5.24. The second kappa shape index (κ2) is 7.87. The standard InChI is InChI=1S/C19H28N4O2/c1-3-23-9-8-14(12-23)11-20-19(25)21-13(2)15-4-6-17-16(10-15)5-7-18(24)22-17/h4,6,10,13-14H,3,5,7-9,11-12H2,1-2H3,(H,22,24)(H2,20,21,25)/t13-,14+/m0/s1. The Morgan fingerprint density at radius 3 is 3.00 bits per heavy atom. The van der Waals surface area contributed by atoms with Crippen molar-refractivity contribution < 1.29 is 9.59 Å². The van der Waals surface area contributed by atoms with Crippen LogP contribution in [0.5, 0.6) is 0 Å². The van der Waals surface area contributed by atoms with Crippen LogP contribution in [0, 0.1) is 5.92 Å². The van der Waals surface area contributed by atoms with E-state index in [-0.39, 0.29) is 18.0 Å². The zero-order valence-electron chi connectivity index (χ0n) is 15.1. The van der Waals surface area contributed by atoms with Gasteiger partial charge in [0.1, 0.15) is 0 Å². The number of rotatable bonds is 5. The number of anilines is 1. The summed E-state index contributed by atoms with van der Waals surface area (Å²) < 4.78 is 0. The highest BCUT2D eigenvalue weighted by atomic mass is 16.2. The van der Waals surface area contributed by atoms with Crippen molar-refractivity contribution in [2.24, 2.45) is 5.92 Å². The second-order valence-electron chi connectivity index (χ2n) is 7.09. The normalized spacial score (nSPS) is 21.4. The molecule has 3 N–H and O–H groups in total. The number of benzene rings is 1. The van der Waals surface area contributed by atoms with Gasteiger partial charge in [-0.25, -0.2) is 4.79 Å². The topological polar surface area (TPSA) is 73.5 Å². The van der Waals surface area contributed by atoms with Crippen molar-refractivity contribution >= 4 is 17.6 Å². The summed E-state index contributed by atoms with van der Waals surface area (Å²) in [7, 11) is 0. The SMILES string of the molecule is CCN1CC[C@H](CNC(=O)N[C@@H](C)c2ccc3c(c2)CCC(=O)N3)C1. The number of carbonyl (C=O) groups is 2. The van der Waals surface area contributed by atoms with Gasteiger partial charge in [-0.2, -0.15) is 0 Å². The summed E-state index contributed by atoms with van der Waals surface area (Å²) in [6.45, 7) is 8.17. The van der Waals surface area contributed by atoms with Gasteiger partial charge in [-0.3, -0.25) is 4.79 Å². The number of aryl methyl sites for hydroxylation is 1. The van der Waals surface area contributed by atoms with Gasteiger partial charge in [-0.05, 0) is 56.0 Å². The molecular formula is C19H28N4O2. The molecule has 2 atom stereocenters. The first kappa shape index (κ1) is 17.7. The number of nitrogens with one attached hydrogen (secondary N) is 3. The minimum absolute atomic E-state index is 0.0688. The van der Waals surface area contributed by atoms with Crippen LogP contribution >= 0.6 is 0 Å². The highest BCUT2D eigenvalue weighted by molar-refractivity contribution is 5.93. The summed E-state index contributed by atoms with van der Waals surface area (Å²) in [5.41, 5.74) is 3.08. The van der Waals surface area contributed by atoms with Gasteiger partial charge in [0.05, 0.1) is 6.04 Å². The smallest absolute Gasteiger partial charge is 0.315 e. The fraction of sp³-hybridized carbons (Fsp3) is 0.579. The van der Waals surface area contributed by atoms with Gasteiger partial charge < -0.3 is 20.9 Å². The third-order valence-electron chi connectivity index (χ3n) is 5.24. The van der Waals surface area contributed by atoms with Gasteiger partial charge in [-0.15, -0.1) is 0 Å². The van der Waals surface area contributed by atoms with Crippen LogP contribution < -0.4 is 16.0 Å². The predicted octanol–water partition coefficient (Wildman–Crippen LogP) is 2.27. The van der Waals surface area contributed by atoms with E-state index in [9.17, 15) is 9.59 Å². The molecule has 1 fully saturated rings. The Balaban J connectivity index is 1.49. The minimum atomic E-state index is -0.117. The highest BCUT2D eigenvalue weighted by Crippen LogP contribution is 2.26. The Morgan fingerprint density at radius 1 is 1.40 bits per heavy atom. The van der Waals surface area contributed by atoms with E-state index < -0.39 is 0 Å². The Kier molecular flexibility index (Phi) is 5.58. The molecule has 1 aromatic rings. The van der Waals surface area contributed by atoms with Crippen LogP contribution in [0.4, 0.5) is 10.5 Å². The van der Waals surface area contributed by atoms with Crippen molar-refractivity contribution in [1.29, 1.82) is 0 Å². The van der Waals surface area contributed by atoms with Crippen LogP contribution in [0.25, 0.3) is 0 Å². The second-order valence-corrected chi connectivity index (χ2v) is 7.09. The molecule has 0 aliphatic carbocycles. The summed E-state index contributed by atoms with van der Waals surface area (Å²) in [6.07, 6.45) is 2.43. The van der Waals surface area contributed by atoms with E-state index in [1.165, 1.54) is 0 Å². The van der Waals surface area contributed by atoms with E-state index in [2.05, 4.69) is 33.8 Å². The van der Waals surface area contributed by atoms with Gasteiger partial charge in [0.25, 0.3) is 0 Å². The first-order chi connectivity index (χ1) is 12.0. The number of likely N-dealkylation sites (tertiary alicyclic amines) is 1. The molecule has 25 heavy (non-hydrogen) atoms. The fourth-order valence-electron chi connectivity index (χ4n) is 3.61.